The first-order valence-electron chi connectivity index (χ1n) is 3.13. The van der Waals surface area contributed by atoms with Gasteiger partial charge < -0.3 is 15.3 Å². The van der Waals surface area contributed by atoms with Gasteiger partial charge in [-0.05, 0) is 6.42 Å². The average molecular weight is 162 g/mol. The molecule has 0 heterocycles. The smallest absolute Gasteiger partial charge is 0.308 e. The van der Waals surface area contributed by atoms with Gasteiger partial charge in [-0.25, -0.2) is 0 Å². The van der Waals surface area contributed by atoms with Gasteiger partial charge in [-0.1, -0.05) is 0 Å². The Morgan fingerprint density at radius 1 is 1.27 bits per heavy atom. The molecule has 1 atom stereocenters. The molecule has 0 fully saturated rings. The summed E-state index contributed by atoms with van der Waals surface area (Å²) < 4.78 is 0. The van der Waals surface area contributed by atoms with E-state index in [4.69, 9.17) is 15.3 Å². The minimum atomic E-state index is -1.16. The highest BCUT2D eigenvalue weighted by Crippen LogP contribution is 2.05. The molecule has 0 aromatic heterocycles. The first-order valence-corrected chi connectivity index (χ1v) is 3.13. The van der Waals surface area contributed by atoms with Crippen LogP contribution in [0.15, 0.2) is 0 Å². The Kier molecular flexibility index (Phi) is 4.21. The van der Waals surface area contributed by atoms with Crippen molar-refractivity contribution in [2.24, 2.45) is 5.92 Å². The van der Waals surface area contributed by atoms with Crippen LogP contribution < -0.4 is 0 Å². The van der Waals surface area contributed by atoms with Crippen LogP contribution >= 0.6 is 0 Å². The van der Waals surface area contributed by atoms with Gasteiger partial charge >= 0.3 is 11.9 Å². The molecule has 0 rings (SSSR count). The monoisotopic (exact) mass is 162 g/mol. The molecule has 11 heavy (non-hydrogen) atoms. The van der Waals surface area contributed by atoms with Gasteiger partial charge in [-0.3, -0.25) is 9.59 Å². The van der Waals surface area contributed by atoms with E-state index in [2.05, 4.69) is 0 Å². The molecule has 3 N–H and O–H groups in total. The molecule has 0 aromatic rings. The van der Waals surface area contributed by atoms with Crippen molar-refractivity contribution >= 4 is 11.9 Å². The molecule has 0 spiro atoms. The molecule has 0 aliphatic rings. The van der Waals surface area contributed by atoms with Crippen LogP contribution in [0, 0.1) is 5.92 Å². The van der Waals surface area contributed by atoms with E-state index in [9.17, 15) is 9.59 Å². The van der Waals surface area contributed by atoms with Gasteiger partial charge in [0.2, 0.25) is 0 Å². The first kappa shape index (κ1) is 9.90. The van der Waals surface area contributed by atoms with E-state index in [1.165, 1.54) is 0 Å². The van der Waals surface area contributed by atoms with Crippen molar-refractivity contribution in [1.82, 2.24) is 0 Å². The van der Waals surface area contributed by atoms with E-state index in [-0.39, 0.29) is 12.8 Å². The zero-order valence-electron chi connectivity index (χ0n) is 5.86. The number of carboxylic acid groups (broad SMARTS) is 2. The molecule has 5 heteroatoms. The van der Waals surface area contributed by atoms with Crippen LogP contribution in [-0.4, -0.2) is 33.9 Å². The molecular formula is C6H10O5. The summed E-state index contributed by atoms with van der Waals surface area (Å²) in [5.41, 5.74) is 0. The lowest BCUT2D eigenvalue weighted by Crippen LogP contribution is -2.18. The molecule has 0 saturated heterocycles. The molecule has 64 valence electrons. The maximum atomic E-state index is 10.2. The number of rotatable bonds is 5. The fourth-order valence-corrected chi connectivity index (χ4v) is 0.591. The summed E-state index contributed by atoms with van der Waals surface area (Å²) in [4.78, 5) is 20.2. The third-order valence-electron chi connectivity index (χ3n) is 1.28. The fourth-order valence-electron chi connectivity index (χ4n) is 0.591. The maximum Gasteiger partial charge on any atom is 0.308 e. The SMILES string of the molecule is O=C(O)CC[C@@H](CO)C(=O)O. The quantitative estimate of drug-likeness (QED) is 0.508. The number of carbonyl (C=O) groups is 2. The Morgan fingerprint density at radius 2 is 1.82 bits per heavy atom. The van der Waals surface area contributed by atoms with Gasteiger partial charge in [-0.2, -0.15) is 0 Å². The van der Waals surface area contributed by atoms with Crippen molar-refractivity contribution in [2.75, 3.05) is 6.61 Å². The summed E-state index contributed by atoms with van der Waals surface area (Å²) in [5.74, 6) is -3.16. The second-order valence-corrected chi connectivity index (χ2v) is 2.15. The lowest BCUT2D eigenvalue weighted by atomic mass is 10.1. The van der Waals surface area contributed by atoms with Gasteiger partial charge in [-0.15, -0.1) is 0 Å². The van der Waals surface area contributed by atoms with E-state index in [0.717, 1.165) is 0 Å². The number of hydrogen-bond acceptors (Lipinski definition) is 3. The van der Waals surface area contributed by atoms with E-state index in [0.29, 0.717) is 0 Å². The summed E-state index contributed by atoms with van der Waals surface area (Å²) in [5, 5.41) is 24.9. The maximum absolute atomic E-state index is 10.2. The number of aliphatic carboxylic acids is 2. The highest BCUT2D eigenvalue weighted by molar-refractivity contribution is 5.72. The molecule has 0 bridgehead atoms. The number of aliphatic hydroxyl groups excluding tert-OH is 1. The third kappa shape index (κ3) is 4.32. The fraction of sp³-hybridized carbons (Fsp3) is 0.667. The minimum Gasteiger partial charge on any atom is -0.481 e. The molecule has 0 saturated carbocycles. The van der Waals surface area contributed by atoms with Gasteiger partial charge in [0.05, 0.1) is 12.5 Å². The Bertz CT molecular complexity index is 153. The van der Waals surface area contributed by atoms with Gasteiger partial charge in [0, 0.05) is 6.42 Å². The lowest BCUT2D eigenvalue weighted by Gasteiger charge is -2.05. The van der Waals surface area contributed by atoms with Crippen LogP contribution in [-0.2, 0) is 9.59 Å². The summed E-state index contributed by atoms with van der Waals surface area (Å²) in [6.07, 6.45) is -0.251. The predicted octanol–water partition coefficient (Wildman–Crippen LogP) is -0.456. The largest absolute Gasteiger partial charge is 0.481 e. The van der Waals surface area contributed by atoms with Crippen molar-refractivity contribution < 1.29 is 24.9 Å². The normalized spacial score (nSPS) is 12.5. The van der Waals surface area contributed by atoms with E-state index < -0.39 is 24.5 Å². The highest BCUT2D eigenvalue weighted by atomic mass is 16.4. The molecule has 5 nitrogen and oxygen atoms in total. The molecule has 0 unspecified atom stereocenters. The van der Waals surface area contributed by atoms with Gasteiger partial charge in [0.25, 0.3) is 0 Å². The second kappa shape index (κ2) is 4.68. The standard InChI is InChI=1S/C6H10O5/c7-3-4(6(10)11)1-2-5(8)9/h4,7H,1-3H2,(H,8,9)(H,10,11)/t4-/m0/s1. The van der Waals surface area contributed by atoms with Crippen molar-refractivity contribution in [3.8, 4) is 0 Å². The molecule has 0 radical (unpaired) electrons. The lowest BCUT2D eigenvalue weighted by molar-refractivity contribution is -0.144. The van der Waals surface area contributed by atoms with Crippen molar-refractivity contribution in [3.05, 3.63) is 0 Å². The van der Waals surface area contributed by atoms with E-state index >= 15 is 0 Å². The van der Waals surface area contributed by atoms with Crippen LogP contribution in [0.4, 0.5) is 0 Å². The third-order valence-corrected chi connectivity index (χ3v) is 1.28. The first-order chi connectivity index (χ1) is 5.07. The summed E-state index contributed by atoms with van der Waals surface area (Å²) in [6, 6.07) is 0. The Morgan fingerprint density at radius 3 is 2.09 bits per heavy atom. The van der Waals surface area contributed by atoms with Gasteiger partial charge in [0.15, 0.2) is 0 Å². The van der Waals surface area contributed by atoms with Crippen LogP contribution in [0.2, 0.25) is 0 Å². The zero-order chi connectivity index (χ0) is 8.85. The number of carboxylic acids is 2. The number of hydrogen-bond donors (Lipinski definition) is 3. The summed E-state index contributed by atoms with van der Waals surface area (Å²) in [6.45, 7) is -0.511. The molecule has 0 amide bonds. The predicted molar refractivity (Wildman–Crippen MR) is 35.1 cm³/mol. The van der Waals surface area contributed by atoms with E-state index in [1.54, 1.807) is 0 Å². The van der Waals surface area contributed by atoms with Crippen molar-refractivity contribution in [3.63, 3.8) is 0 Å². The van der Waals surface area contributed by atoms with Crippen LogP contribution in [0.5, 0.6) is 0 Å². The van der Waals surface area contributed by atoms with Crippen LogP contribution in [0.3, 0.4) is 0 Å². The molecular weight excluding hydrogens is 152 g/mol. The van der Waals surface area contributed by atoms with Crippen LogP contribution in [0.1, 0.15) is 12.8 Å². The summed E-state index contributed by atoms with van der Waals surface area (Å²) in [7, 11) is 0. The van der Waals surface area contributed by atoms with Crippen molar-refractivity contribution in [1.29, 1.82) is 0 Å². The Labute approximate surface area is 63.3 Å². The van der Waals surface area contributed by atoms with E-state index in [1.807, 2.05) is 0 Å². The topological polar surface area (TPSA) is 94.8 Å². The highest BCUT2D eigenvalue weighted by Gasteiger charge is 2.16. The zero-order valence-corrected chi connectivity index (χ0v) is 5.86. The Balaban J connectivity index is 3.70. The number of aliphatic hydroxyl groups is 1. The van der Waals surface area contributed by atoms with Crippen LogP contribution in [0.25, 0.3) is 0 Å². The molecule has 0 aromatic carbocycles. The molecule has 0 aliphatic carbocycles. The second-order valence-electron chi connectivity index (χ2n) is 2.15. The van der Waals surface area contributed by atoms with Crippen molar-refractivity contribution in [2.45, 2.75) is 12.8 Å². The Hall–Kier alpha value is -1.10. The average Bonchev–Trinajstić information content (AvgIpc) is 1.87. The minimum absolute atomic E-state index is 0.0266. The summed E-state index contributed by atoms with van der Waals surface area (Å²) >= 11 is 0. The van der Waals surface area contributed by atoms with Gasteiger partial charge in [0.1, 0.15) is 0 Å². The molecule has 0 aliphatic heterocycles.